The Hall–Kier alpha value is -2.24. The third kappa shape index (κ3) is 4.87. The standard InChI is InChI=1S/C20H23FN2O2/c21-18-10-5-4-9-17(18)20(24)22-11-6-12-23-13-14-25-19(15-23)16-7-2-1-3-8-16/h1-5,7-10,19H,6,11-15H2,(H,22,24)/t19-/m0/s1. The van der Waals surface area contributed by atoms with Gasteiger partial charge in [-0.05, 0) is 24.1 Å². The predicted octanol–water partition coefficient (Wildman–Crippen LogP) is 3.02. The molecule has 1 atom stereocenters. The van der Waals surface area contributed by atoms with Gasteiger partial charge in [0.1, 0.15) is 5.82 Å². The molecule has 2 aromatic carbocycles. The lowest BCUT2D eigenvalue weighted by molar-refractivity contribution is -0.0301. The zero-order chi connectivity index (χ0) is 17.5. The first-order valence-electron chi connectivity index (χ1n) is 8.65. The molecule has 2 aromatic rings. The lowest BCUT2D eigenvalue weighted by atomic mass is 10.1. The Balaban J connectivity index is 1.42. The van der Waals surface area contributed by atoms with E-state index in [2.05, 4.69) is 22.3 Å². The zero-order valence-corrected chi connectivity index (χ0v) is 14.2. The Kier molecular flexibility index (Phi) is 6.14. The Labute approximate surface area is 147 Å². The molecule has 0 radical (unpaired) electrons. The average Bonchev–Trinajstić information content (AvgIpc) is 2.66. The molecule has 1 N–H and O–H groups in total. The van der Waals surface area contributed by atoms with Gasteiger partial charge in [-0.1, -0.05) is 42.5 Å². The van der Waals surface area contributed by atoms with Gasteiger partial charge in [-0.25, -0.2) is 4.39 Å². The monoisotopic (exact) mass is 342 g/mol. The van der Waals surface area contributed by atoms with Gasteiger partial charge in [0.15, 0.2) is 0 Å². The fourth-order valence-corrected chi connectivity index (χ4v) is 3.02. The summed E-state index contributed by atoms with van der Waals surface area (Å²) in [5.74, 6) is -0.846. The number of carbonyl (C=O) groups excluding carboxylic acids is 1. The van der Waals surface area contributed by atoms with Gasteiger partial charge in [-0.3, -0.25) is 9.69 Å². The summed E-state index contributed by atoms with van der Waals surface area (Å²) in [7, 11) is 0. The van der Waals surface area contributed by atoms with E-state index in [0.29, 0.717) is 13.2 Å². The summed E-state index contributed by atoms with van der Waals surface area (Å²) < 4.78 is 19.4. The van der Waals surface area contributed by atoms with E-state index in [0.717, 1.165) is 26.1 Å². The Morgan fingerprint density at radius 2 is 1.92 bits per heavy atom. The molecule has 0 aliphatic carbocycles. The van der Waals surface area contributed by atoms with Crippen LogP contribution in [0, 0.1) is 5.82 Å². The lowest BCUT2D eigenvalue weighted by Crippen LogP contribution is -2.39. The van der Waals surface area contributed by atoms with E-state index in [1.807, 2.05) is 18.2 Å². The second-order valence-corrected chi connectivity index (χ2v) is 6.16. The molecule has 1 aliphatic heterocycles. The average molecular weight is 342 g/mol. The molecule has 3 rings (SSSR count). The topological polar surface area (TPSA) is 41.6 Å². The number of ether oxygens (including phenoxy) is 1. The number of nitrogens with one attached hydrogen (secondary N) is 1. The maximum Gasteiger partial charge on any atom is 0.254 e. The molecule has 25 heavy (non-hydrogen) atoms. The first-order valence-corrected chi connectivity index (χ1v) is 8.65. The van der Waals surface area contributed by atoms with E-state index in [9.17, 15) is 9.18 Å². The van der Waals surface area contributed by atoms with Crippen molar-refractivity contribution in [2.45, 2.75) is 12.5 Å². The minimum Gasteiger partial charge on any atom is -0.371 e. The van der Waals surface area contributed by atoms with E-state index in [4.69, 9.17) is 4.74 Å². The lowest BCUT2D eigenvalue weighted by Gasteiger charge is -2.33. The predicted molar refractivity (Wildman–Crippen MR) is 94.9 cm³/mol. The Morgan fingerprint density at radius 3 is 2.72 bits per heavy atom. The summed E-state index contributed by atoms with van der Waals surface area (Å²) in [4.78, 5) is 14.3. The molecule has 1 amide bonds. The fraction of sp³-hybridized carbons (Fsp3) is 0.350. The van der Waals surface area contributed by atoms with Crippen molar-refractivity contribution in [3.63, 3.8) is 0 Å². The molecule has 0 spiro atoms. The third-order valence-corrected chi connectivity index (χ3v) is 4.38. The normalized spacial score (nSPS) is 18.0. The third-order valence-electron chi connectivity index (χ3n) is 4.38. The number of benzene rings is 2. The van der Waals surface area contributed by atoms with Crippen molar-refractivity contribution in [2.75, 3.05) is 32.8 Å². The van der Waals surface area contributed by atoms with Crippen LogP contribution < -0.4 is 5.32 Å². The number of hydrogen-bond acceptors (Lipinski definition) is 3. The maximum absolute atomic E-state index is 13.6. The van der Waals surface area contributed by atoms with Crippen LogP contribution in [-0.4, -0.2) is 43.6 Å². The maximum atomic E-state index is 13.6. The molecule has 1 heterocycles. The summed E-state index contributed by atoms with van der Waals surface area (Å²) in [6.07, 6.45) is 0.921. The van der Waals surface area contributed by atoms with Crippen LogP contribution in [0.3, 0.4) is 0 Å². The molecule has 0 bridgehead atoms. The van der Waals surface area contributed by atoms with Gasteiger partial charge < -0.3 is 10.1 Å². The van der Waals surface area contributed by atoms with Crippen molar-refractivity contribution >= 4 is 5.91 Å². The molecule has 0 saturated carbocycles. The van der Waals surface area contributed by atoms with E-state index < -0.39 is 5.82 Å². The number of morpholine rings is 1. The molecule has 0 aromatic heterocycles. The highest BCUT2D eigenvalue weighted by molar-refractivity contribution is 5.94. The Morgan fingerprint density at radius 1 is 1.16 bits per heavy atom. The number of amides is 1. The van der Waals surface area contributed by atoms with Gasteiger partial charge in [0.25, 0.3) is 5.91 Å². The second kappa shape index (κ2) is 8.74. The van der Waals surface area contributed by atoms with E-state index >= 15 is 0 Å². The number of nitrogens with zero attached hydrogens (tertiary/aromatic N) is 1. The number of halogens is 1. The van der Waals surface area contributed by atoms with Gasteiger partial charge in [0.2, 0.25) is 0 Å². The molecule has 1 aliphatic rings. The number of rotatable bonds is 6. The first-order chi connectivity index (χ1) is 12.2. The van der Waals surface area contributed by atoms with Crippen LogP contribution in [0.15, 0.2) is 54.6 Å². The SMILES string of the molecule is O=C(NCCCN1CCO[C@H](c2ccccc2)C1)c1ccccc1F. The zero-order valence-electron chi connectivity index (χ0n) is 14.2. The highest BCUT2D eigenvalue weighted by Crippen LogP contribution is 2.21. The number of hydrogen-bond donors (Lipinski definition) is 1. The minimum atomic E-state index is -0.487. The van der Waals surface area contributed by atoms with E-state index in [1.165, 1.54) is 17.7 Å². The largest absolute Gasteiger partial charge is 0.371 e. The van der Waals surface area contributed by atoms with Crippen LogP contribution in [0.4, 0.5) is 4.39 Å². The van der Waals surface area contributed by atoms with Crippen molar-refractivity contribution in [2.24, 2.45) is 0 Å². The molecule has 5 heteroatoms. The van der Waals surface area contributed by atoms with Gasteiger partial charge in [0.05, 0.1) is 18.3 Å². The van der Waals surface area contributed by atoms with Crippen molar-refractivity contribution in [3.05, 3.63) is 71.5 Å². The molecule has 0 unspecified atom stereocenters. The van der Waals surface area contributed by atoms with Crippen LogP contribution in [0.5, 0.6) is 0 Å². The summed E-state index contributed by atoms with van der Waals surface area (Å²) in [5, 5.41) is 2.79. The molecular weight excluding hydrogens is 319 g/mol. The van der Waals surface area contributed by atoms with Crippen LogP contribution >= 0.6 is 0 Å². The van der Waals surface area contributed by atoms with Crippen LogP contribution in [-0.2, 0) is 4.74 Å². The van der Waals surface area contributed by atoms with Crippen LogP contribution in [0.1, 0.15) is 28.4 Å². The molecule has 1 saturated heterocycles. The van der Waals surface area contributed by atoms with Crippen LogP contribution in [0.25, 0.3) is 0 Å². The van der Waals surface area contributed by atoms with E-state index in [-0.39, 0.29) is 17.6 Å². The fourth-order valence-electron chi connectivity index (χ4n) is 3.02. The first kappa shape index (κ1) is 17.6. The summed E-state index contributed by atoms with van der Waals surface area (Å²) in [5.41, 5.74) is 1.29. The van der Waals surface area contributed by atoms with Gasteiger partial charge in [0, 0.05) is 26.2 Å². The van der Waals surface area contributed by atoms with Crippen molar-refractivity contribution in [1.29, 1.82) is 0 Å². The van der Waals surface area contributed by atoms with Crippen molar-refractivity contribution < 1.29 is 13.9 Å². The van der Waals surface area contributed by atoms with E-state index in [1.54, 1.807) is 12.1 Å². The summed E-state index contributed by atoms with van der Waals surface area (Å²) in [6, 6.07) is 16.3. The smallest absolute Gasteiger partial charge is 0.254 e. The molecule has 4 nitrogen and oxygen atoms in total. The molecular formula is C20H23FN2O2. The van der Waals surface area contributed by atoms with Gasteiger partial charge in [-0.15, -0.1) is 0 Å². The van der Waals surface area contributed by atoms with Gasteiger partial charge in [-0.2, -0.15) is 0 Å². The highest BCUT2D eigenvalue weighted by Gasteiger charge is 2.21. The quantitative estimate of drug-likeness (QED) is 0.821. The summed E-state index contributed by atoms with van der Waals surface area (Å²) in [6.45, 7) is 3.86. The molecule has 132 valence electrons. The second-order valence-electron chi connectivity index (χ2n) is 6.16. The molecule has 1 fully saturated rings. The van der Waals surface area contributed by atoms with Crippen LogP contribution in [0.2, 0.25) is 0 Å². The summed E-state index contributed by atoms with van der Waals surface area (Å²) >= 11 is 0. The highest BCUT2D eigenvalue weighted by atomic mass is 19.1. The van der Waals surface area contributed by atoms with Gasteiger partial charge >= 0.3 is 0 Å². The van der Waals surface area contributed by atoms with Crippen molar-refractivity contribution in [1.82, 2.24) is 10.2 Å². The minimum absolute atomic E-state index is 0.0954. The van der Waals surface area contributed by atoms with Crippen molar-refractivity contribution in [3.8, 4) is 0 Å². The number of carbonyl (C=O) groups is 1. The Bertz CT molecular complexity index is 693.